The van der Waals surface area contributed by atoms with Gasteiger partial charge in [0.25, 0.3) is 17.5 Å². The fraction of sp³-hybridized carbons (Fsp3) is 0.167. The highest BCUT2D eigenvalue weighted by molar-refractivity contribution is 6.32. The van der Waals surface area contributed by atoms with Crippen LogP contribution in [0.4, 0.5) is 11.4 Å². The number of nitro groups is 1. The van der Waals surface area contributed by atoms with Crippen LogP contribution < -0.4 is 15.8 Å². The molecule has 2 heterocycles. The Morgan fingerprint density at radius 2 is 2.13 bits per heavy atom. The second-order valence-electron chi connectivity index (χ2n) is 5.99. The van der Waals surface area contributed by atoms with Crippen molar-refractivity contribution in [2.24, 2.45) is 5.73 Å². The number of nitro benzene ring substituents is 1. The van der Waals surface area contributed by atoms with Crippen molar-refractivity contribution in [3.63, 3.8) is 0 Å². The number of hydrogen-bond acceptors (Lipinski definition) is 7. The van der Waals surface area contributed by atoms with E-state index >= 15 is 0 Å². The number of aromatic nitrogens is 2. The summed E-state index contributed by atoms with van der Waals surface area (Å²) in [5.74, 6) is -0.862. The van der Waals surface area contributed by atoms with Crippen molar-refractivity contribution in [1.29, 1.82) is 0 Å². The van der Waals surface area contributed by atoms with Crippen molar-refractivity contribution in [2.75, 3.05) is 5.32 Å². The average Bonchev–Trinajstić information content (AvgIpc) is 3.34. The number of benzene rings is 1. The van der Waals surface area contributed by atoms with E-state index in [1.807, 2.05) is 6.92 Å². The van der Waals surface area contributed by atoms with Crippen molar-refractivity contribution < 1.29 is 23.7 Å². The molecule has 3 rings (SSSR count). The fourth-order valence-corrected chi connectivity index (χ4v) is 2.72. The fourth-order valence-electron chi connectivity index (χ4n) is 2.49. The van der Waals surface area contributed by atoms with Gasteiger partial charge in [-0.05, 0) is 25.1 Å². The highest BCUT2D eigenvalue weighted by Crippen LogP contribution is 2.29. The summed E-state index contributed by atoms with van der Waals surface area (Å²) in [6, 6.07) is 6.76. The number of ether oxygens (including phenoxy) is 1. The van der Waals surface area contributed by atoms with Crippen LogP contribution in [-0.2, 0) is 13.2 Å². The first-order valence-corrected chi connectivity index (χ1v) is 9.00. The molecule has 2 amide bonds. The van der Waals surface area contributed by atoms with Gasteiger partial charge >= 0.3 is 0 Å². The number of nitrogens with one attached hydrogen (secondary N) is 1. The lowest BCUT2D eigenvalue weighted by Crippen LogP contribution is -2.17. The van der Waals surface area contributed by atoms with Crippen LogP contribution >= 0.6 is 11.6 Å². The van der Waals surface area contributed by atoms with E-state index in [9.17, 15) is 19.7 Å². The molecule has 30 heavy (non-hydrogen) atoms. The maximum atomic E-state index is 12.4. The molecule has 0 saturated heterocycles. The summed E-state index contributed by atoms with van der Waals surface area (Å²) >= 11 is 5.97. The number of carbonyl (C=O) groups is 2. The van der Waals surface area contributed by atoms with Crippen LogP contribution in [0.25, 0.3) is 0 Å². The highest BCUT2D eigenvalue weighted by atomic mass is 35.5. The summed E-state index contributed by atoms with van der Waals surface area (Å²) in [4.78, 5) is 34.1. The average molecular weight is 434 g/mol. The minimum absolute atomic E-state index is 0.0249. The zero-order chi connectivity index (χ0) is 21.8. The first kappa shape index (κ1) is 20.9. The summed E-state index contributed by atoms with van der Waals surface area (Å²) in [7, 11) is 0. The largest absolute Gasteiger partial charge is 0.484 e. The lowest BCUT2D eigenvalue weighted by molar-refractivity contribution is -0.384. The third-order valence-corrected chi connectivity index (χ3v) is 4.24. The lowest BCUT2D eigenvalue weighted by Gasteiger charge is -2.06. The molecule has 0 fully saturated rings. The molecular formula is C18H16ClN5O6. The molecule has 0 atom stereocenters. The first-order chi connectivity index (χ1) is 14.3. The van der Waals surface area contributed by atoms with Crippen molar-refractivity contribution in [3.05, 3.63) is 68.9 Å². The van der Waals surface area contributed by atoms with Crippen LogP contribution in [0.15, 0.2) is 40.9 Å². The Morgan fingerprint density at radius 3 is 2.77 bits per heavy atom. The molecular weight excluding hydrogens is 418 g/mol. The molecule has 0 unspecified atom stereocenters. The number of furan rings is 1. The van der Waals surface area contributed by atoms with E-state index in [0.29, 0.717) is 12.3 Å². The van der Waals surface area contributed by atoms with Gasteiger partial charge in [0.1, 0.15) is 18.1 Å². The van der Waals surface area contributed by atoms with Gasteiger partial charge in [0.15, 0.2) is 11.5 Å². The number of non-ortho nitro benzene ring substituents is 1. The van der Waals surface area contributed by atoms with Crippen molar-refractivity contribution in [2.45, 2.75) is 20.1 Å². The minimum Gasteiger partial charge on any atom is -0.484 e. The molecule has 0 radical (unpaired) electrons. The van der Waals surface area contributed by atoms with Crippen LogP contribution in [0.3, 0.4) is 0 Å². The number of rotatable bonds is 8. The summed E-state index contributed by atoms with van der Waals surface area (Å²) in [6.07, 6.45) is 1.49. The van der Waals surface area contributed by atoms with Crippen LogP contribution in [0.5, 0.6) is 5.75 Å². The van der Waals surface area contributed by atoms with Crippen LogP contribution in [-0.4, -0.2) is 26.5 Å². The molecule has 0 spiro atoms. The lowest BCUT2D eigenvalue weighted by atomic mass is 10.3. The molecule has 0 aliphatic heterocycles. The van der Waals surface area contributed by atoms with E-state index < -0.39 is 16.7 Å². The summed E-state index contributed by atoms with van der Waals surface area (Å²) in [5.41, 5.74) is 5.22. The number of hydrogen-bond donors (Lipinski definition) is 2. The molecule has 0 bridgehead atoms. The van der Waals surface area contributed by atoms with E-state index in [0.717, 1.165) is 0 Å². The molecule has 0 saturated carbocycles. The Kier molecular flexibility index (Phi) is 6.02. The molecule has 2 aromatic heterocycles. The van der Waals surface area contributed by atoms with Gasteiger partial charge in [0.2, 0.25) is 0 Å². The maximum Gasteiger partial charge on any atom is 0.291 e. The number of amides is 2. The van der Waals surface area contributed by atoms with E-state index in [2.05, 4.69) is 10.4 Å². The summed E-state index contributed by atoms with van der Waals surface area (Å²) < 4.78 is 12.4. The quantitative estimate of drug-likeness (QED) is 0.408. The van der Waals surface area contributed by atoms with Gasteiger partial charge < -0.3 is 20.2 Å². The Labute approximate surface area is 174 Å². The molecule has 156 valence electrons. The molecule has 3 aromatic rings. The Balaban J connectivity index is 1.66. The van der Waals surface area contributed by atoms with Gasteiger partial charge in [0, 0.05) is 24.9 Å². The highest BCUT2D eigenvalue weighted by Gasteiger charge is 2.19. The SMILES string of the molecule is CCn1cc(NC(=O)c2ccc(COc3ccc([N+](=O)[O-])cc3Cl)o2)c(C(N)=O)n1. The van der Waals surface area contributed by atoms with Gasteiger partial charge in [-0.25, -0.2) is 0 Å². The normalized spacial score (nSPS) is 10.6. The number of primary amides is 1. The van der Waals surface area contributed by atoms with Crippen LogP contribution in [0.1, 0.15) is 33.7 Å². The molecule has 0 aliphatic rings. The number of anilines is 1. The molecule has 0 aliphatic carbocycles. The van der Waals surface area contributed by atoms with Gasteiger partial charge in [-0.1, -0.05) is 11.6 Å². The van der Waals surface area contributed by atoms with E-state index in [1.54, 1.807) is 0 Å². The Hall–Kier alpha value is -3.86. The number of nitrogens with two attached hydrogens (primary N) is 1. The van der Waals surface area contributed by atoms with Gasteiger partial charge in [-0.3, -0.25) is 24.4 Å². The number of halogens is 1. The second kappa shape index (κ2) is 8.66. The van der Waals surface area contributed by atoms with Crippen LogP contribution in [0.2, 0.25) is 5.02 Å². The van der Waals surface area contributed by atoms with E-state index in [-0.39, 0.29) is 40.2 Å². The second-order valence-corrected chi connectivity index (χ2v) is 6.40. The van der Waals surface area contributed by atoms with Crippen molar-refractivity contribution >= 4 is 34.8 Å². The summed E-state index contributed by atoms with van der Waals surface area (Å²) in [6.45, 7) is 2.24. The molecule has 11 nitrogen and oxygen atoms in total. The standard InChI is InChI=1S/C18H16ClN5O6/c1-2-23-8-13(16(22-23)17(20)25)21-18(26)15-6-4-11(30-15)9-29-14-5-3-10(24(27)28)7-12(14)19/h3-8H,2,9H2,1H3,(H2,20,25)(H,21,26). The number of nitrogens with zero attached hydrogens (tertiary/aromatic N) is 3. The van der Waals surface area contributed by atoms with E-state index in [1.165, 1.54) is 41.2 Å². The van der Waals surface area contributed by atoms with Crippen LogP contribution in [0, 0.1) is 10.1 Å². The third-order valence-electron chi connectivity index (χ3n) is 3.95. The number of carbonyl (C=O) groups excluding carboxylic acids is 2. The Bertz CT molecular complexity index is 1120. The summed E-state index contributed by atoms with van der Waals surface area (Å²) in [5, 5.41) is 17.3. The predicted octanol–water partition coefficient (Wildman–Crippen LogP) is 2.99. The predicted molar refractivity (Wildman–Crippen MR) is 106 cm³/mol. The topological polar surface area (TPSA) is 156 Å². The zero-order valence-corrected chi connectivity index (χ0v) is 16.4. The van der Waals surface area contributed by atoms with E-state index in [4.69, 9.17) is 26.5 Å². The minimum atomic E-state index is -0.772. The number of aryl methyl sites for hydroxylation is 1. The zero-order valence-electron chi connectivity index (χ0n) is 15.6. The van der Waals surface area contributed by atoms with Gasteiger partial charge in [-0.2, -0.15) is 5.10 Å². The smallest absolute Gasteiger partial charge is 0.291 e. The van der Waals surface area contributed by atoms with Gasteiger partial charge in [-0.15, -0.1) is 0 Å². The Morgan fingerprint density at radius 1 is 1.37 bits per heavy atom. The maximum absolute atomic E-state index is 12.4. The molecule has 3 N–H and O–H groups in total. The third kappa shape index (κ3) is 4.58. The van der Waals surface area contributed by atoms with Crippen molar-refractivity contribution in [1.82, 2.24) is 9.78 Å². The first-order valence-electron chi connectivity index (χ1n) is 8.62. The molecule has 12 heteroatoms. The van der Waals surface area contributed by atoms with Crippen molar-refractivity contribution in [3.8, 4) is 5.75 Å². The van der Waals surface area contributed by atoms with Gasteiger partial charge in [0.05, 0.1) is 15.6 Å². The molecule has 1 aromatic carbocycles. The monoisotopic (exact) mass is 433 g/mol.